The SMILES string of the molecule is C[C@@H](CCCO)COC1CCCCO1. The molecule has 0 amide bonds. The van der Waals surface area contributed by atoms with Crippen LogP contribution < -0.4 is 0 Å². The first-order valence-corrected chi connectivity index (χ1v) is 5.67. The Labute approximate surface area is 86.4 Å². The summed E-state index contributed by atoms with van der Waals surface area (Å²) in [7, 11) is 0. The van der Waals surface area contributed by atoms with E-state index in [4.69, 9.17) is 14.6 Å². The lowest BCUT2D eigenvalue weighted by Gasteiger charge is -2.24. The van der Waals surface area contributed by atoms with Gasteiger partial charge in [0.25, 0.3) is 0 Å². The van der Waals surface area contributed by atoms with Crippen LogP contribution in [0.3, 0.4) is 0 Å². The third kappa shape index (κ3) is 4.94. The van der Waals surface area contributed by atoms with Gasteiger partial charge in [-0.1, -0.05) is 6.92 Å². The summed E-state index contributed by atoms with van der Waals surface area (Å²) < 4.78 is 11.1. The van der Waals surface area contributed by atoms with E-state index in [1.165, 1.54) is 12.8 Å². The second-order valence-corrected chi connectivity index (χ2v) is 4.10. The second-order valence-electron chi connectivity index (χ2n) is 4.10. The topological polar surface area (TPSA) is 38.7 Å². The molecular weight excluding hydrogens is 180 g/mol. The zero-order valence-electron chi connectivity index (χ0n) is 9.08. The standard InChI is InChI=1S/C11H22O3/c1-10(5-4-7-12)9-14-11-6-2-3-8-13-11/h10-12H,2-9H2,1H3/t10-,11?/m0/s1. The van der Waals surface area contributed by atoms with Crippen molar-refractivity contribution in [1.29, 1.82) is 0 Å². The lowest BCUT2D eigenvalue weighted by atomic mass is 10.1. The van der Waals surface area contributed by atoms with Crippen LogP contribution in [0.4, 0.5) is 0 Å². The van der Waals surface area contributed by atoms with Crippen molar-refractivity contribution in [1.82, 2.24) is 0 Å². The minimum Gasteiger partial charge on any atom is -0.396 e. The summed E-state index contributed by atoms with van der Waals surface area (Å²) >= 11 is 0. The molecule has 0 bridgehead atoms. The predicted molar refractivity (Wildman–Crippen MR) is 55.0 cm³/mol. The number of aliphatic hydroxyl groups excluding tert-OH is 1. The van der Waals surface area contributed by atoms with Gasteiger partial charge in [0.15, 0.2) is 6.29 Å². The van der Waals surface area contributed by atoms with E-state index in [-0.39, 0.29) is 12.9 Å². The molecule has 1 heterocycles. The van der Waals surface area contributed by atoms with E-state index in [2.05, 4.69) is 6.92 Å². The van der Waals surface area contributed by atoms with Crippen molar-refractivity contribution in [3.63, 3.8) is 0 Å². The van der Waals surface area contributed by atoms with Crippen LogP contribution in [0.2, 0.25) is 0 Å². The van der Waals surface area contributed by atoms with E-state index in [1.807, 2.05) is 0 Å². The monoisotopic (exact) mass is 202 g/mol. The number of rotatable bonds is 6. The van der Waals surface area contributed by atoms with E-state index in [9.17, 15) is 0 Å². The molecule has 1 N–H and O–H groups in total. The maximum absolute atomic E-state index is 8.67. The van der Waals surface area contributed by atoms with Gasteiger partial charge in [-0.15, -0.1) is 0 Å². The van der Waals surface area contributed by atoms with Gasteiger partial charge in [0.05, 0.1) is 6.61 Å². The molecule has 0 aromatic heterocycles. The molecule has 14 heavy (non-hydrogen) atoms. The van der Waals surface area contributed by atoms with Crippen LogP contribution in [-0.2, 0) is 9.47 Å². The van der Waals surface area contributed by atoms with Crippen LogP contribution in [0.1, 0.15) is 39.0 Å². The van der Waals surface area contributed by atoms with Gasteiger partial charge in [0, 0.05) is 13.2 Å². The van der Waals surface area contributed by atoms with Crippen LogP contribution in [0.5, 0.6) is 0 Å². The summed E-state index contributed by atoms with van der Waals surface area (Å²) in [5.74, 6) is 0.521. The van der Waals surface area contributed by atoms with E-state index in [0.717, 1.165) is 32.5 Å². The van der Waals surface area contributed by atoms with Gasteiger partial charge >= 0.3 is 0 Å². The number of aliphatic hydroxyl groups is 1. The Balaban J connectivity index is 2.00. The van der Waals surface area contributed by atoms with E-state index >= 15 is 0 Å². The maximum atomic E-state index is 8.67. The summed E-state index contributed by atoms with van der Waals surface area (Å²) in [5.41, 5.74) is 0. The van der Waals surface area contributed by atoms with Gasteiger partial charge in [0.2, 0.25) is 0 Å². The van der Waals surface area contributed by atoms with Crippen LogP contribution >= 0.6 is 0 Å². The molecule has 1 saturated heterocycles. The Kier molecular flexibility index (Phi) is 6.15. The zero-order chi connectivity index (χ0) is 10.2. The summed E-state index contributed by atoms with van der Waals surface area (Å²) in [4.78, 5) is 0. The van der Waals surface area contributed by atoms with E-state index < -0.39 is 0 Å². The Morgan fingerprint density at radius 3 is 3.00 bits per heavy atom. The largest absolute Gasteiger partial charge is 0.396 e. The normalized spacial score (nSPS) is 24.9. The molecule has 0 spiro atoms. The molecule has 1 aliphatic rings. The molecular formula is C11H22O3. The highest BCUT2D eigenvalue weighted by atomic mass is 16.7. The van der Waals surface area contributed by atoms with Crippen LogP contribution in [-0.4, -0.2) is 31.2 Å². The Bertz CT molecular complexity index is 132. The predicted octanol–water partition coefficient (Wildman–Crippen LogP) is 1.94. The maximum Gasteiger partial charge on any atom is 0.157 e. The fraction of sp³-hybridized carbons (Fsp3) is 1.00. The van der Waals surface area contributed by atoms with Gasteiger partial charge in [-0.3, -0.25) is 0 Å². The van der Waals surface area contributed by atoms with Crippen molar-refractivity contribution < 1.29 is 14.6 Å². The van der Waals surface area contributed by atoms with Gasteiger partial charge in [0.1, 0.15) is 0 Å². The number of hydrogen-bond acceptors (Lipinski definition) is 3. The van der Waals surface area contributed by atoms with Crippen molar-refractivity contribution in [2.45, 2.75) is 45.3 Å². The molecule has 0 radical (unpaired) electrons. The number of ether oxygens (including phenoxy) is 2. The highest BCUT2D eigenvalue weighted by molar-refractivity contribution is 4.56. The highest BCUT2D eigenvalue weighted by Gasteiger charge is 2.14. The highest BCUT2D eigenvalue weighted by Crippen LogP contribution is 2.15. The molecule has 1 aliphatic heterocycles. The minimum absolute atomic E-state index is 0.0281. The minimum atomic E-state index is 0.0281. The first-order chi connectivity index (χ1) is 6.83. The smallest absolute Gasteiger partial charge is 0.157 e. The Morgan fingerprint density at radius 2 is 2.36 bits per heavy atom. The summed E-state index contributed by atoms with van der Waals surface area (Å²) in [5, 5.41) is 8.67. The molecule has 0 aromatic rings. The molecule has 1 fully saturated rings. The summed E-state index contributed by atoms with van der Waals surface area (Å²) in [6, 6.07) is 0. The third-order valence-corrected chi connectivity index (χ3v) is 2.56. The molecule has 0 aliphatic carbocycles. The Morgan fingerprint density at radius 1 is 1.50 bits per heavy atom. The fourth-order valence-corrected chi connectivity index (χ4v) is 1.64. The molecule has 3 nitrogen and oxygen atoms in total. The molecule has 1 rings (SSSR count). The average molecular weight is 202 g/mol. The van der Waals surface area contributed by atoms with Crippen molar-refractivity contribution in [2.24, 2.45) is 5.92 Å². The first kappa shape index (κ1) is 12.0. The van der Waals surface area contributed by atoms with Crippen molar-refractivity contribution >= 4 is 0 Å². The fourth-order valence-electron chi connectivity index (χ4n) is 1.64. The van der Waals surface area contributed by atoms with Crippen LogP contribution in [0.15, 0.2) is 0 Å². The van der Waals surface area contributed by atoms with Gasteiger partial charge in [-0.25, -0.2) is 0 Å². The molecule has 1 unspecified atom stereocenters. The van der Waals surface area contributed by atoms with Crippen molar-refractivity contribution in [2.75, 3.05) is 19.8 Å². The van der Waals surface area contributed by atoms with Crippen LogP contribution in [0.25, 0.3) is 0 Å². The van der Waals surface area contributed by atoms with E-state index in [1.54, 1.807) is 0 Å². The first-order valence-electron chi connectivity index (χ1n) is 5.67. The van der Waals surface area contributed by atoms with Crippen molar-refractivity contribution in [3.8, 4) is 0 Å². The quantitative estimate of drug-likeness (QED) is 0.715. The lowest BCUT2D eigenvalue weighted by Crippen LogP contribution is -2.24. The zero-order valence-corrected chi connectivity index (χ0v) is 9.08. The molecule has 2 atom stereocenters. The van der Waals surface area contributed by atoms with Crippen molar-refractivity contribution in [3.05, 3.63) is 0 Å². The molecule has 0 saturated carbocycles. The summed E-state index contributed by atoms with van der Waals surface area (Å²) in [6.45, 7) is 4.03. The van der Waals surface area contributed by atoms with Crippen LogP contribution in [0, 0.1) is 5.92 Å². The second kappa shape index (κ2) is 7.21. The Hall–Kier alpha value is -0.120. The van der Waals surface area contributed by atoms with Gasteiger partial charge < -0.3 is 14.6 Å². The summed E-state index contributed by atoms with van der Waals surface area (Å²) in [6.07, 6.45) is 5.35. The molecule has 3 heteroatoms. The van der Waals surface area contributed by atoms with Gasteiger partial charge in [-0.2, -0.15) is 0 Å². The lowest BCUT2D eigenvalue weighted by molar-refractivity contribution is -0.168. The number of hydrogen-bond donors (Lipinski definition) is 1. The molecule has 0 aromatic carbocycles. The average Bonchev–Trinajstić information content (AvgIpc) is 2.25. The van der Waals surface area contributed by atoms with E-state index in [0.29, 0.717) is 5.92 Å². The third-order valence-electron chi connectivity index (χ3n) is 2.56. The van der Waals surface area contributed by atoms with Gasteiger partial charge in [-0.05, 0) is 38.0 Å². The molecule has 84 valence electrons.